The first kappa shape index (κ1) is 8.96. The van der Waals surface area contributed by atoms with Gasteiger partial charge in [0.1, 0.15) is 5.82 Å². The third-order valence-electron chi connectivity index (χ3n) is 2.09. The quantitative estimate of drug-likeness (QED) is 0.744. The van der Waals surface area contributed by atoms with Crippen LogP contribution in [0.15, 0.2) is 6.07 Å². The Morgan fingerprint density at radius 3 is 3.07 bits per heavy atom. The van der Waals surface area contributed by atoms with E-state index < -0.39 is 0 Å². The molecule has 0 unspecified atom stereocenters. The van der Waals surface area contributed by atoms with E-state index in [4.69, 9.17) is 10.5 Å². The molecule has 2 heterocycles. The number of methoxy groups -OCH3 is 1. The molecule has 0 saturated heterocycles. The van der Waals surface area contributed by atoms with Gasteiger partial charge >= 0.3 is 0 Å². The number of anilines is 1. The molecule has 0 spiro atoms. The Labute approximate surface area is 81.3 Å². The average Bonchev–Trinajstić information content (AvgIpc) is 2.48. The molecular weight excluding hydrogens is 180 g/mol. The number of hydrogen-bond acceptors (Lipinski definition) is 4. The number of aryl methyl sites for hydroxylation is 1. The third kappa shape index (κ3) is 1.31. The highest BCUT2D eigenvalue weighted by Gasteiger charge is 2.08. The number of nitrogens with one attached hydrogen (secondary N) is 1. The van der Waals surface area contributed by atoms with Crippen molar-refractivity contribution < 1.29 is 4.74 Å². The smallest absolute Gasteiger partial charge is 0.183 e. The van der Waals surface area contributed by atoms with Crippen molar-refractivity contribution in [3.05, 3.63) is 17.3 Å². The van der Waals surface area contributed by atoms with E-state index in [1.54, 1.807) is 7.11 Å². The van der Waals surface area contributed by atoms with Gasteiger partial charge in [0, 0.05) is 7.11 Å². The largest absolute Gasteiger partial charge is 0.384 e. The molecule has 0 aliphatic heterocycles. The Bertz CT molecular complexity index is 463. The normalized spacial score (nSPS) is 11.0. The lowest BCUT2D eigenvalue weighted by Gasteiger charge is -2.01. The number of aromatic nitrogens is 3. The highest BCUT2D eigenvalue weighted by Crippen LogP contribution is 2.21. The maximum atomic E-state index is 5.71. The van der Waals surface area contributed by atoms with Crippen LogP contribution in [0.3, 0.4) is 0 Å². The van der Waals surface area contributed by atoms with Gasteiger partial charge in [0.2, 0.25) is 0 Å². The van der Waals surface area contributed by atoms with Gasteiger partial charge in [-0.1, -0.05) is 0 Å². The van der Waals surface area contributed by atoms with Crippen LogP contribution in [-0.2, 0) is 11.3 Å². The van der Waals surface area contributed by atoms with E-state index >= 15 is 0 Å². The van der Waals surface area contributed by atoms with Gasteiger partial charge in [-0.05, 0) is 18.6 Å². The van der Waals surface area contributed by atoms with Crippen molar-refractivity contribution in [2.45, 2.75) is 13.5 Å². The van der Waals surface area contributed by atoms with Gasteiger partial charge in [-0.3, -0.25) is 5.10 Å². The highest BCUT2D eigenvalue weighted by atomic mass is 16.5. The second kappa shape index (κ2) is 3.26. The topological polar surface area (TPSA) is 76.8 Å². The van der Waals surface area contributed by atoms with Crippen molar-refractivity contribution in [2.24, 2.45) is 0 Å². The van der Waals surface area contributed by atoms with Gasteiger partial charge in [-0.25, -0.2) is 4.98 Å². The number of aromatic amines is 1. The van der Waals surface area contributed by atoms with E-state index in [0.29, 0.717) is 18.1 Å². The number of nitrogens with zero attached hydrogens (tertiary/aromatic N) is 2. The maximum Gasteiger partial charge on any atom is 0.183 e. The number of pyridine rings is 1. The van der Waals surface area contributed by atoms with Crippen molar-refractivity contribution >= 4 is 16.9 Å². The number of hydrogen-bond donors (Lipinski definition) is 2. The van der Waals surface area contributed by atoms with Crippen LogP contribution in [0.25, 0.3) is 11.0 Å². The lowest BCUT2D eigenvalue weighted by Crippen LogP contribution is -1.94. The summed E-state index contributed by atoms with van der Waals surface area (Å²) in [4.78, 5) is 4.30. The molecule has 2 aromatic rings. The highest BCUT2D eigenvalue weighted by molar-refractivity contribution is 5.88. The van der Waals surface area contributed by atoms with E-state index in [1.165, 1.54) is 0 Å². The fourth-order valence-electron chi connectivity index (χ4n) is 1.53. The van der Waals surface area contributed by atoms with Crippen molar-refractivity contribution in [3.8, 4) is 0 Å². The first-order chi connectivity index (χ1) is 6.72. The Morgan fingerprint density at radius 2 is 2.36 bits per heavy atom. The molecule has 0 saturated carbocycles. The van der Waals surface area contributed by atoms with Crippen LogP contribution in [-0.4, -0.2) is 22.3 Å². The molecule has 3 N–H and O–H groups in total. The summed E-state index contributed by atoms with van der Waals surface area (Å²) in [5.74, 6) is 0.564. The number of ether oxygens (including phenoxy) is 1. The zero-order chi connectivity index (χ0) is 10.1. The first-order valence-corrected chi connectivity index (χ1v) is 4.31. The molecule has 74 valence electrons. The minimum atomic E-state index is 0.490. The fourth-order valence-corrected chi connectivity index (χ4v) is 1.53. The lowest BCUT2D eigenvalue weighted by atomic mass is 10.2. The van der Waals surface area contributed by atoms with Crippen molar-refractivity contribution in [1.29, 1.82) is 0 Å². The second-order valence-electron chi connectivity index (χ2n) is 3.20. The number of nitrogens with two attached hydrogens (primary N) is 1. The van der Waals surface area contributed by atoms with E-state index in [-0.39, 0.29) is 0 Å². The predicted octanol–water partition coefficient (Wildman–Crippen LogP) is 0.995. The number of nitrogen functional groups attached to an aromatic ring is 1. The van der Waals surface area contributed by atoms with Crippen LogP contribution in [0.2, 0.25) is 0 Å². The van der Waals surface area contributed by atoms with Crippen LogP contribution in [0, 0.1) is 6.92 Å². The standard InChI is InChI=1S/C9H12N4O/c1-5-3-6(4-14-2)11-9-7(5)8(10)12-13-9/h3H,4H2,1-2H3,(H3,10,11,12,13). The number of H-pyrrole nitrogens is 1. The second-order valence-corrected chi connectivity index (χ2v) is 3.20. The molecule has 2 aromatic heterocycles. The molecule has 5 heteroatoms. The molecule has 2 rings (SSSR count). The van der Waals surface area contributed by atoms with Crippen LogP contribution in [0.1, 0.15) is 11.3 Å². The molecule has 5 nitrogen and oxygen atoms in total. The monoisotopic (exact) mass is 192 g/mol. The van der Waals surface area contributed by atoms with Crippen molar-refractivity contribution in [1.82, 2.24) is 15.2 Å². The van der Waals surface area contributed by atoms with E-state index in [2.05, 4.69) is 15.2 Å². The molecule has 14 heavy (non-hydrogen) atoms. The molecule has 0 aliphatic rings. The molecule has 0 radical (unpaired) electrons. The van der Waals surface area contributed by atoms with Crippen LogP contribution < -0.4 is 5.73 Å². The molecule has 0 aromatic carbocycles. The summed E-state index contributed by atoms with van der Waals surface area (Å²) >= 11 is 0. The van der Waals surface area contributed by atoms with Crippen molar-refractivity contribution in [3.63, 3.8) is 0 Å². The summed E-state index contributed by atoms with van der Waals surface area (Å²) in [6.45, 7) is 2.47. The number of fused-ring (bicyclic) bond motifs is 1. The summed E-state index contributed by atoms with van der Waals surface area (Å²) in [5.41, 5.74) is 8.29. The zero-order valence-corrected chi connectivity index (χ0v) is 8.16. The Hall–Kier alpha value is -1.62. The summed E-state index contributed by atoms with van der Waals surface area (Å²) in [6.07, 6.45) is 0. The fraction of sp³-hybridized carbons (Fsp3) is 0.333. The molecule has 0 bridgehead atoms. The van der Waals surface area contributed by atoms with Crippen LogP contribution in [0.4, 0.5) is 5.82 Å². The lowest BCUT2D eigenvalue weighted by molar-refractivity contribution is 0.181. The SMILES string of the molecule is COCc1cc(C)c2c(N)[nH]nc2n1. The summed E-state index contributed by atoms with van der Waals surface area (Å²) in [5, 5.41) is 7.61. The van der Waals surface area contributed by atoms with E-state index in [9.17, 15) is 0 Å². The molecular formula is C9H12N4O. The van der Waals surface area contributed by atoms with Gasteiger partial charge in [0.05, 0.1) is 17.7 Å². The maximum absolute atomic E-state index is 5.71. The Kier molecular flexibility index (Phi) is 2.09. The van der Waals surface area contributed by atoms with Crippen LogP contribution in [0.5, 0.6) is 0 Å². The molecule has 0 atom stereocenters. The summed E-state index contributed by atoms with van der Waals surface area (Å²) < 4.78 is 5.01. The van der Waals surface area contributed by atoms with Gasteiger partial charge in [0.15, 0.2) is 5.65 Å². The van der Waals surface area contributed by atoms with Crippen LogP contribution >= 0.6 is 0 Å². The van der Waals surface area contributed by atoms with Crippen molar-refractivity contribution in [2.75, 3.05) is 12.8 Å². The third-order valence-corrected chi connectivity index (χ3v) is 2.09. The molecule has 0 aliphatic carbocycles. The summed E-state index contributed by atoms with van der Waals surface area (Å²) in [7, 11) is 1.64. The van der Waals surface area contributed by atoms with E-state index in [1.807, 2.05) is 13.0 Å². The predicted molar refractivity (Wildman–Crippen MR) is 53.8 cm³/mol. The minimum Gasteiger partial charge on any atom is -0.384 e. The van der Waals surface area contributed by atoms with Gasteiger partial charge in [0.25, 0.3) is 0 Å². The molecule has 0 fully saturated rings. The molecule has 0 amide bonds. The summed E-state index contributed by atoms with van der Waals surface area (Å²) in [6, 6.07) is 1.96. The zero-order valence-electron chi connectivity index (χ0n) is 8.16. The average molecular weight is 192 g/mol. The van der Waals surface area contributed by atoms with Gasteiger partial charge in [-0.15, -0.1) is 0 Å². The Balaban J connectivity index is 2.62. The number of rotatable bonds is 2. The van der Waals surface area contributed by atoms with Gasteiger partial charge < -0.3 is 10.5 Å². The Morgan fingerprint density at radius 1 is 1.57 bits per heavy atom. The van der Waals surface area contributed by atoms with Gasteiger partial charge in [-0.2, -0.15) is 5.10 Å². The first-order valence-electron chi connectivity index (χ1n) is 4.31. The van der Waals surface area contributed by atoms with E-state index in [0.717, 1.165) is 16.6 Å². The minimum absolute atomic E-state index is 0.490.